The number of hydrogen-bond donors (Lipinski definition) is 0. The molecule has 0 saturated heterocycles. The first-order valence-corrected chi connectivity index (χ1v) is 7.37. The molecule has 3 heteroatoms. The van der Waals surface area contributed by atoms with E-state index in [0.29, 0.717) is 0 Å². The van der Waals surface area contributed by atoms with E-state index >= 15 is 0 Å². The SMILES string of the molecule is CCCCCCCCc1ccc(C(C)[N+](=O)[O-])cc1. The first-order valence-electron chi connectivity index (χ1n) is 7.37. The zero-order valence-corrected chi connectivity index (χ0v) is 12.1. The van der Waals surface area contributed by atoms with Gasteiger partial charge in [0.1, 0.15) is 0 Å². The van der Waals surface area contributed by atoms with Crippen LogP contribution in [0.2, 0.25) is 0 Å². The fourth-order valence-electron chi connectivity index (χ4n) is 2.19. The lowest BCUT2D eigenvalue weighted by Crippen LogP contribution is -2.05. The Hall–Kier alpha value is -1.38. The number of nitrogens with zero attached hydrogens (tertiary/aromatic N) is 1. The number of aryl methyl sites for hydroxylation is 1. The molecule has 0 aliphatic carbocycles. The Morgan fingerprint density at radius 1 is 1.05 bits per heavy atom. The van der Waals surface area contributed by atoms with Gasteiger partial charge in [-0.05, 0) is 18.4 Å². The Labute approximate surface area is 116 Å². The smallest absolute Gasteiger partial charge is 0.235 e. The van der Waals surface area contributed by atoms with E-state index in [4.69, 9.17) is 0 Å². The summed E-state index contributed by atoms with van der Waals surface area (Å²) in [6, 6.07) is 7.23. The van der Waals surface area contributed by atoms with E-state index in [-0.39, 0.29) is 4.92 Å². The van der Waals surface area contributed by atoms with Crippen molar-refractivity contribution in [1.29, 1.82) is 0 Å². The fourth-order valence-corrected chi connectivity index (χ4v) is 2.19. The van der Waals surface area contributed by atoms with Crippen molar-refractivity contribution in [3.8, 4) is 0 Å². The van der Waals surface area contributed by atoms with Crippen LogP contribution in [0, 0.1) is 10.1 Å². The zero-order valence-electron chi connectivity index (χ0n) is 12.1. The van der Waals surface area contributed by atoms with E-state index in [0.717, 1.165) is 12.0 Å². The van der Waals surface area contributed by atoms with Crippen molar-refractivity contribution in [2.24, 2.45) is 0 Å². The monoisotopic (exact) mass is 263 g/mol. The minimum absolute atomic E-state index is 0.247. The van der Waals surface area contributed by atoms with Crippen molar-refractivity contribution in [1.82, 2.24) is 0 Å². The first-order chi connectivity index (χ1) is 9.15. The Morgan fingerprint density at radius 3 is 2.21 bits per heavy atom. The van der Waals surface area contributed by atoms with Crippen molar-refractivity contribution < 1.29 is 4.92 Å². The van der Waals surface area contributed by atoms with Gasteiger partial charge >= 0.3 is 0 Å². The molecule has 1 aromatic rings. The summed E-state index contributed by atoms with van der Waals surface area (Å²) in [7, 11) is 0. The molecule has 0 bridgehead atoms. The van der Waals surface area contributed by atoms with Crippen LogP contribution < -0.4 is 0 Å². The van der Waals surface area contributed by atoms with Crippen LogP contribution in [0.1, 0.15) is 69.5 Å². The summed E-state index contributed by atoms with van der Waals surface area (Å²) in [6.07, 6.45) is 8.88. The summed E-state index contributed by atoms with van der Waals surface area (Å²) >= 11 is 0. The van der Waals surface area contributed by atoms with E-state index in [1.807, 2.05) is 24.3 Å². The quantitative estimate of drug-likeness (QED) is 0.360. The lowest BCUT2D eigenvalue weighted by Gasteiger charge is -2.06. The van der Waals surface area contributed by atoms with Crippen LogP contribution in [0.25, 0.3) is 0 Å². The summed E-state index contributed by atoms with van der Waals surface area (Å²) in [5.74, 6) is 0. The largest absolute Gasteiger partial charge is 0.264 e. The molecule has 0 fully saturated rings. The average molecular weight is 263 g/mol. The van der Waals surface area contributed by atoms with Crippen LogP contribution in [0.15, 0.2) is 24.3 Å². The molecule has 0 amide bonds. The first kappa shape index (κ1) is 15.7. The number of benzene rings is 1. The van der Waals surface area contributed by atoms with Crippen LogP contribution in [0.5, 0.6) is 0 Å². The highest BCUT2D eigenvalue weighted by Crippen LogP contribution is 2.17. The molecule has 1 unspecified atom stereocenters. The van der Waals surface area contributed by atoms with Crippen LogP contribution in [0.4, 0.5) is 0 Å². The van der Waals surface area contributed by atoms with Gasteiger partial charge in [0.2, 0.25) is 6.04 Å². The molecular weight excluding hydrogens is 238 g/mol. The van der Waals surface area contributed by atoms with Crippen LogP contribution in [-0.2, 0) is 6.42 Å². The van der Waals surface area contributed by atoms with Gasteiger partial charge in [-0.25, -0.2) is 0 Å². The number of rotatable bonds is 9. The second-order valence-electron chi connectivity index (χ2n) is 5.22. The van der Waals surface area contributed by atoms with Crippen molar-refractivity contribution >= 4 is 0 Å². The van der Waals surface area contributed by atoms with Crippen molar-refractivity contribution in [2.45, 2.75) is 64.8 Å². The van der Waals surface area contributed by atoms with Crippen LogP contribution in [-0.4, -0.2) is 4.92 Å². The molecule has 0 saturated carbocycles. The molecule has 0 spiro atoms. The van der Waals surface area contributed by atoms with E-state index in [1.54, 1.807) is 6.92 Å². The van der Waals surface area contributed by atoms with E-state index < -0.39 is 6.04 Å². The van der Waals surface area contributed by atoms with Gasteiger partial charge < -0.3 is 0 Å². The molecular formula is C16H25NO2. The van der Waals surface area contributed by atoms with Crippen LogP contribution >= 0.6 is 0 Å². The highest BCUT2D eigenvalue weighted by Gasteiger charge is 2.14. The third-order valence-electron chi connectivity index (χ3n) is 3.60. The predicted octanol–water partition coefficient (Wildman–Crippen LogP) is 4.93. The standard InChI is InChI=1S/C16H25NO2/c1-3-4-5-6-7-8-9-15-10-12-16(13-11-15)14(2)17(18)19/h10-14H,3-9H2,1-2H3. The topological polar surface area (TPSA) is 43.1 Å². The Balaban J connectivity index is 2.30. The number of nitro groups is 1. The van der Waals surface area contributed by atoms with Gasteiger partial charge in [-0.3, -0.25) is 10.1 Å². The van der Waals surface area contributed by atoms with Gasteiger partial charge in [-0.2, -0.15) is 0 Å². The van der Waals surface area contributed by atoms with Crippen molar-refractivity contribution in [3.05, 3.63) is 45.5 Å². The average Bonchev–Trinajstić information content (AvgIpc) is 2.42. The maximum Gasteiger partial charge on any atom is 0.235 e. The van der Waals surface area contributed by atoms with Gasteiger partial charge in [0.25, 0.3) is 0 Å². The van der Waals surface area contributed by atoms with Gasteiger partial charge in [0.15, 0.2) is 0 Å². The van der Waals surface area contributed by atoms with E-state index in [1.165, 1.54) is 44.1 Å². The molecule has 0 radical (unpaired) electrons. The second-order valence-corrected chi connectivity index (χ2v) is 5.22. The second kappa shape index (κ2) is 8.68. The minimum Gasteiger partial charge on any atom is -0.264 e. The van der Waals surface area contributed by atoms with E-state index in [2.05, 4.69) is 6.92 Å². The fraction of sp³-hybridized carbons (Fsp3) is 0.625. The Bertz CT molecular complexity index is 373. The molecule has 0 aliphatic heterocycles. The maximum atomic E-state index is 10.7. The molecule has 0 aromatic heterocycles. The highest BCUT2D eigenvalue weighted by molar-refractivity contribution is 5.23. The molecule has 0 aliphatic rings. The van der Waals surface area contributed by atoms with Gasteiger partial charge in [-0.1, -0.05) is 63.3 Å². The molecule has 0 heterocycles. The minimum atomic E-state index is -0.608. The van der Waals surface area contributed by atoms with Crippen molar-refractivity contribution in [2.75, 3.05) is 0 Å². The van der Waals surface area contributed by atoms with Gasteiger partial charge in [0, 0.05) is 17.4 Å². The lowest BCUT2D eigenvalue weighted by molar-refractivity contribution is -0.524. The van der Waals surface area contributed by atoms with Gasteiger partial charge in [-0.15, -0.1) is 0 Å². The summed E-state index contributed by atoms with van der Waals surface area (Å²) in [4.78, 5) is 10.4. The zero-order chi connectivity index (χ0) is 14.1. The third kappa shape index (κ3) is 5.86. The van der Waals surface area contributed by atoms with Crippen molar-refractivity contribution in [3.63, 3.8) is 0 Å². The van der Waals surface area contributed by atoms with E-state index in [9.17, 15) is 10.1 Å². The lowest BCUT2D eigenvalue weighted by atomic mass is 10.0. The van der Waals surface area contributed by atoms with Crippen LogP contribution in [0.3, 0.4) is 0 Å². The summed E-state index contributed by atoms with van der Waals surface area (Å²) in [6.45, 7) is 3.86. The molecule has 106 valence electrons. The summed E-state index contributed by atoms with van der Waals surface area (Å²) in [5.41, 5.74) is 2.08. The number of hydrogen-bond acceptors (Lipinski definition) is 2. The molecule has 3 nitrogen and oxygen atoms in total. The number of unbranched alkanes of at least 4 members (excludes halogenated alkanes) is 5. The normalized spacial score (nSPS) is 12.3. The Kier molecular flexibility index (Phi) is 7.16. The van der Waals surface area contributed by atoms with Gasteiger partial charge in [0.05, 0.1) is 0 Å². The molecule has 19 heavy (non-hydrogen) atoms. The summed E-state index contributed by atoms with van der Waals surface area (Å²) in [5, 5.41) is 10.7. The predicted molar refractivity (Wildman–Crippen MR) is 78.9 cm³/mol. The highest BCUT2D eigenvalue weighted by atomic mass is 16.6. The third-order valence-corrected chi connectivity index (χ3v) is 3.60. The Morgan fingerprint density at radius 2 is 1.63 bits per heavy atom. The summed E-state index contributed by atoms with van der Waals surface area (Å²) < 4.78 is 0. The molecule has 0 N–H and O–H groups in total. The molecule has 1 rings (SSSR count). The molecule has 1 aromatic carbocycles. The maximum absolute atomic E-state index is 10.7. The molecule has 1 atom stereocenters.